The Balaban J connectivity index is 1.71. The fraction of sp³-hybridized carbons (Fsp3) is 0.464. The number of nitrogens with two attached hydrogens (primary N) is 3. The molecule has 43 heavy (non-hydrogen) atoms. The average molecular weight is 606 g/mol. The van der Waals surface area contributed by atoms with Crippen molar-refractivity contribution in [1.82, 2.24) is 10.6 Å². The van der Waals surface area contributed by atoms with Gasteiger partial charge in [-0.3, -0.25) is 14.4 Å². The van der Waals surface area contributed by atoms with Crippen molar-refractivity contribution in [1.29, 1.82) is 0 Å². The molecule has 234 valence electrons. The van der Waals surface area contributed by atoms with Gasteiger partial charge in [0.05, 0.1) is 23.2 Å². The Labute approximate surface area is 248 Å². The lowest BCUT2D eigenvalue weighted by Crippen LogP contribution is -2.50. The molecule has 0 spiro atoms. The van der Waals surface area contributed by atoms with Crippen molar-refractivity contribution >= 4 is 36.0 Å². The largest absolute Gasteiger partial charge is 0.492 e. The first-order valence-corrected chi connectivity index (χ1v) is 13.9. The number of halogens is 3. The second-order valence-electron chi connectivity index (χ2n) is 10.9. The molecule has 2 atom stereocenters. The highest BCUT2D eigenvalue weighted by atomic mass is 19.4. The lowest BCUT2D eigenvalue weighted by molar-refractivity contribution is -0.137. The molecule has 0 saturated carbocycles. The van der Waals surface area contributed by atoms with E-state index in [1.54, 1.807) is 32.0 Å². The van der Waals surface area contributed by atoms with Crippen molar-refractivity contribution in [3.05, 3.63) is 59.2 Å². The summed E-state index contributed by atoms with van der Waals surface area (Å²) in [5.41, 5.74) is 17.6. The van der Waals surface area contributed by atoms with E-state index < -0.39 is 54.4 Å². The Kier molecular flexibility index (Phi) is 11.3. The molecule has 1 aliphatic rings. The fourth-order valence-corrected chi connectivity index (χ4v) is 4.66. The van der Waals surface area contributed by atoms with Crippen LogP contribution in [-0.4, -0.2) is 61.1 Å². The zero-order chi connectivity index (χ0) is 31.9. The third-order valence-electron chi connectivity index (χ3n) is 7.23. The fourth-order valence-electron chi connectivity index (χ4n) is 4.66. The standard InChI is InChI=1S/C28H38BF3N6O5/c1-27(2)20-13-18(8-9-21(20)29(42)43-27)37-26(41)23(11-5-16-3-6-17(7-4-16)28(30,31)32)38-25(40)22(35)10-12-24(39)36-19(14-33)15-34/h3-4,6-9,13,19,22-23,42H,5,10-12,14-15,33-35H2,1-2H3,(H,36,39)(H,37,41)(H,38,40). The molecule has 0 fully saturated rings. The number of aryl methyl sites for hydroxylation is 1. The van der Waals surface area contributed by atoms with Gasteiger partial charge in [0, 0.05) is 25.2 Å². The third-order valence-corrected chi connectivity index (χ3v) is 7.23. The summed E-state index contributed by atoms with van der Waals surface area (Å²) >= 11 is 0. The molecular formula is C28H38BF3N6O5. The van der Waals surface area contributed by atoms with E-state index in [0.29, 0.717) is 22.3 Å². The van der Waals surface area contributed by atoms with Gasteiger partial charge in [-0.1, -0.05) is 18.2 Å². The van der Waals surface area contributed by atoms with E-state index in [1.165, 1.54) is 12.1 Å². The van der Waals surface area contributed by atoms with Gasteiger partial charge >= 0.3 is 13.3 Å². The Bertz CT molecular complexity index is 1290. The molecule has 3 amide bonds. The van der Waals surface area contributed by atoms with Gasteiger partial charge in [0.15, 0.2) is 0 Å². The summed E-state index contributed by atoms with van der Waals surface area (Å²) in [5.74, 6) is -1.65. The Morgan fingerprint density at radius 3 is 2.26 bits per heavy atom. The summed E-state index contributed by atoms with van der Waals surface area (Å²) < 4.78 is 44.4. The van der Waals surface area contributed by atoms with E-state index in [0.717, 1.165) is 12.1 Å². The molecule has 11 nitrogen and oxygen atoms in total. The summed E-state index contributed by atoms with van der Waals surface area (Å²) in [6, 6.07) is 6.76. The Morgan fingerprint density at radius 1 is 1.00 bits per heavy atom. The highest BCUT2D eigenvalue weighted by molar-refractivity contribution is 6.62. The molecule has 10 N–H and O–H groups in total. The molecule has 0 aliphatic carbocycles. The number of carbonyl (C=O) groups excluding carboxylic acids is 3. The second-order valence-corrected chi connectivity index (χ2v) is 10.9. The molecule has 0 radical (unpaired) electrons. The van der Waals surface area contributed by atoms with E-state index in [9.17, 15) is 32.6 Å². The lowest BCUT2D eigenvalue weighted by Gasteiger charge is -2.22. The summed E-state index contributed by atoms with van der Waals surface area (Å²) in [6.45, 7) is 3.85. The number of alkyl halides is 3. The maximum Gasteiger partial charge on any atom is 0.492 e. The molecule has 0 bridgehead atoms. The van der Waals surface area contributed by atoms with Crippen LogP contribution in [0.1, 0.15) is 49.8 Å². The minimum Gasteiger partial charge on any atom is -0.423 e. The monoisotopic (exact) mass is 606 g/mol. The van der Waals surface area contributed by atoms with Crippen LogP contribution in [0.5, 0.6) is 0 Å². The van der Waals surface area contributed by atoms with Crippen LogP contribution < -0.4 is 38.6 Å². The highest BCUT2D eigenvalue weighted by Gasteiger charge is 2.40. The van der Waals surface area contributed by atoms with E-state index in [2.05, 4.69) is 16.0 Å². The quantitative estimate of drug-likeness (QED) is 0.157. The van der Waals surface area contributed by atoms with Crippen LogP contribution in [0.3, 0.4) is 0 Å². The van der Waals surface area contributed by atoms with E-state index in [4.69, 9.17) is 21.9 Å². The molecule has 3 rings (SSSR count). The predicted molar refractivity (Wildman–Crippen MR) is 156 cm³/mol. The first-order valence-electron chi connectivity index (χ1n) is 13.9. The van der Waals surface area contributed by atoms with Crippen molar-refractivity contribution in [2.75, 3.05) is 18.4 Å². The molecule has 2 aromatic rings. The van der Waals surface area contributed by atoms with E-state index in [-0.39, 0.29) is 44.7 Å². The molecular weight excluding hydrogens is 568 g/mol. The Hall–Kier alpha value is -3.50. The van der Waals surface area contributed by atoms with Gasteiger partial charge in [0.1, 0.15) is 6.04 Å². The molecule has 15 heteroatoms. The lowest BCUT2D eigenvalue weighted by atomic mass is 9.78. The van der Waals surface area contributed by atoms with Crippen LogP contribution in [0, 0.1) is 0 Å². The highest BCUT2D eigenvalue weighted by Crippen LogP contribution is 2.32. The first-order chi connectivity index (χ1) is 20.1. The van der Waals surface area contributed by atoms with Crippen LogP contribution in [0.25, 0.3) is 0 Å². The summed E-state index contributed by atoms with van der Waals surface area (Å²) in [7, 11) is -1.11. The summed E-state index contributed by atoms with van der Waals surface area (Å²) in [6.07, 6.45) is -4.36. The number of fused-ring (bicyclic) bond motifs is 1. The van der Waals surface area contributed by atoms with Crippen LogP contribution in [0.4, 0.5) is 18.9 Å². The number of hydrogen-bond acceptors (Lipinski definition) is 8. The van der Waals surface area contributed by atoms with Crippen LogP contribution >= 0.6 is 0 Å². The van der Waals surface area contributed by atoms with Crippen molar-refractivity contribution in [3.8, 4) is 0 Å². The van der Waals surface area contributed by atoms with E-state index in [1.807, 2.05) is 0 Å². The van der Waals surface area contributed by atoms with Gasteiger partial charge in [-0.2, -0.15) is 13.2 Å². The number of benzene rings is 2. The number of rotatable bonds is 13. The second kappa shape index (κ2) is 14.3. The summed E-state index contributed by atoms with van der Waals surface area (Å²) in [4.78, 5) is 38.5. The normalized spacial score (nSPS) is 15.5. The van der Waals surface area contributed by atoms with Crippen molar-refractivity contribution in [2.45, 2.75) is 69.4 Å². The van der Waals surface area contributed by atoms with Gasteiger partial charge in [-0.15, -0.1) is 0 Å². The zero-order valence-corrected chi connectivity index (χ0v) is 24.0. The minimum atomic E-state index is -4.48. The van der Waals surface area contributed by atoms with Crippen LogP contribution in [0.15, 0.2) is 42.5 Å². The van der Waals surface area contributed by atoms with Crippen LogP contribution in [0.2, 0.25) is 0 Å². The first kappa shape index (κ1) is 34.0. The molecule has 0 aromatic heterocycles. The van der Waals surface area contributed by atoms with E-state index >= 15 is 0 Å². The predicted octanol–water partition coefficient (Wildman–Crippen LogP) is 0.224. The van der Waals surface area contributed by atoms with Gasteiger partial charge in [-0.05, 0) is 74.0 Å². The molecule has 2 aromatic carbocycles. The number of carbonyl (C=O) groups is 3. The molecule has 1 aliphatic heterocycles. The number of anilines is 1. The van der Waals surface area contributed by atoms with Crippen molar-refractivity contribution < 1.29 is 37.2 Å². The van der Waals surface area contributed by atoms with Crippen molar-refractivity contribution in [2.24, 2.45) is 17.2 Å². The van der Waals surface area contributed by atoms with Gasteiger partial charge in [0.2, 0.25) is 17.7 Å². The number of hydrogen-bond donors (Lipinski definition) is 7. The van der Waals surface area contributed by atoms with Crippen LogP contribution in [-0.2, 0) is 37.2 Å². The Morgan fingerprint density at radius 2 is 1.65 bits per heavy atom. The minimum absolute atomic E-state index is 0.0188. The van der Waals surface area contributed by atoms with Gasteiger partial charge in [-0.25, -0.2) is 0 Å². The maximum atomic E-state index is 13.4. The maximum absolute atomic E-state index is 13.4. The average Bonchev–Trinajstić information content (AvgIpc) is 3.18. The molecule has 0 saturated heterocycles. The smallest absolute Gasteiger partial charge is 0.423 e. The van der Waals surface area contributed by atoms with Gasteiger partial charge < -0.3 is 42.8 Å². The van der Waals surface area contributed by atoms with Crippen molar-refractivity contribution in [3.63, 3.8) is 0 Å². The topological polar surface area (TPSA) is 195 Å². The number of amides is 3. The molecule has 1 heterocycles. The third kappa shape index (κ3) is 9.24. The molecule has 2 unspecified atom stereocenters. The summed E-state index contributed by atoms with van der Waals surface area (Å²) in [5, 5.41) is 18.2. The van der Waals surface area contributed by atoms with Gasteiger partial charge in [0.25, 0.3) is 0 Å². The number of nitrogens with one attached hydrogen (secondary N) is 3. The zero-order valence-electron chi connectivity index (χ0n) is 24.0. The SMILES string of the molecule is CC1(C)OB(O)c2ccc(NC(=O)C(CCc3ccc(C(F)(F)F)cc3)NC(=O)C(N)CCC(=O)NC(CN)CN)cc21.